The lowest BCUT2D eigenvalue weighted by Crippen LogP contribution is -2.39. The van der Waals surface area contributed by atoms with Crippen LogP contribution in [-0.4, -0.2) is 31.8 Å². The van der Waals surface area contributed by atoms with Crippen molar-refractivity contribution < 1.29 is 4.74 Å². The zero-order valence-corrected chi connectivity index (χ0v) is 9.30. The molecular formula is C11H24N2O. The SMILES string of the molecule is CCOCCCNC1CCCC(N)C1. The maximum atomic E-state index is 5.91. The van der Waals surface area contributed by atoms with E-state index in [0.717, 1.165) is 32.6 Å². The van der Waals surface area contributed by atoms with E-state index in [4.69, 9.17) is 10.5 Å². The molecule has 1 aliphatic carbocycles. The first-order chi connectivity index (χ1) is 6.83. The third-order valence-electron chi connectivity index (χ3n) is 2.82. The number of ether oxygens (including phenoxy) is 1. The molecule has 0 aromatic rings. The van der Waals surface area contributed by atoms with Gasteiger partial charge in [0, 0.05) is 25.3 Å². The molecule has 0 amide bonds. The Labute approximate surface area is 87.4 Å². The predicted octanol–water partition coefficient (Wildman–Crippen LogP) is 1.27. The second-order valence-electron chi connectivity index (χ2n) is 4.13. The number of hydrogen-bond acceptors (Lipinski definition) is 3. The van der Waals surface area contributed by atoms with Crippen molar-refractivity contribution in [1.82, 2.24) is 5.32 Å². The van der Waals surface area contributed by atoms with Crippen LogP contribution in [0.5, 0.6) is 0 Å². The molecule has 0 spiro atoms. The largest absolute Gasteiger partial charge is 0.382 e. The summed E-state index contributed by atoms with van der Waals surface area (Å²) in [6.45, 7) is 4.81. The van der Waals surface area contributed by atoms with Crippen molar-refractivity contribution in [2.45, 2.75) is 51.1 Å². The molecule has 3 heteroatoms. The van der Waals surface area contributed by atoms with Crippen molar-refractivity contribution in [3.05, 3.63) is 0 Å². The highest BCUT2D eigenvalue weighted by molar-refractivity contribution is 4.79. The van der Waals surface area contributed by atoms with Gasteiger partial charge < -0.3 is 15.8 Å². The molecule has 1 rings (SSSR count). The number of nitrogens with one attached hydrogen (secondary N) is 1. The van der Waals surface area contributed by atoms with E-state index in [-0.39, 0.29) is 0 Å². The number of nitrogens with two attached hydrogens (primary N) is 1. The second kappa shape index (κ2) is 7.21. The lowest BCUT2D eigenvalue weighted by Gasteiger charge is -2.27. The summed E-state index contributed by atoms with van der Waals surface area (Å²) < 4.78 is 5.28. The van der Waals surface area contributed by atoms with E-state index >= 15 is 0 Å². The molecule has 0 bridgehead atoms. The predicted molar refractivity (Wildman–Crippen MR) is 59.3 cm³/mol. The van der Waals surface area contributed by atoms with E-state index < -0.39 is 0 Å². The minimum Gasteiger partial charge on any atom is -0.382 e. The van der Waals surface area contributed by atoms with Crippen molar-refractivity contribution in [3.63, 3.8) is 0 Å². The summed E-state index contributed by atoms with van der Waals surface area (Å²) in [4.78, 5) is 0. The Morgan fingerprint density at radius 2 is 2.29 bits per heavy atom. The standard InChI is InChI=1S/C11H24N2O/c1-2-14-8-4-7-13-11-6-3-5-10(12)9-11/h10-11,13H,2-9,12H2,1H3. The molecule has 0 aromatic carbocycles. The zero-order chi connectivity index (χ0) is 10.2. The van der Waals surface area contributed by atoms with Crippen LogP contribution >= 0.6 is 0 Å². The summed E-state index contributed by atoms with van der Waals surface area (Å²) >= 11 is 0. The van der Waals surface area contributed by atoms with Gasteiger partial charge in [0.25, 0.3) is 0 Å². The number of rotatable bonds is 6. The van der Waals surface area contributed by atoms with Gasteiger partial charge in [-0.05, 0) is 39.2 Å². The first-order valence-electron chi connectivity index (χ1n) is 5.89. The van der Waals surface area contributed by atoms with Crippen LogP contribution in [0, 0.1) is 0 Å². The molecule has 14 heavy (non-hydrogen) atoms. The van der Waals surface area contributed by atoms with E-state index in [9.17, 15) is 0 Å². The van der Waals surface area contributed by atoms with E-state index in [1.165, 1.54) is 19.3 Å². The summed E-state index contributed by atoms with van der Waals surface area (Å²) in [5.74, 6) is 0. The van der Waals surface area contributed by atoms with Gasteiger partial charge in [-0.3, -0.25) is 0 Å². The van der Waals surface area contributed by atoms with Gasteiger partial charge in [-0.15, -0.1) is 0 Å². The number of hydrogen-bond donors (Lipinski definition) is 2. The zero-order valence-electron chi connectivity index (χ0n) is 9.30. The van der Waals surface area contributed by atoms with Crippen molar-refractivity contribution >= 4 is 0 Å². The summed E-state index contributed by atoms with van der Waals surface area (Å²) in [5.41, 5.74) is 5.91. The molecule has 0 heterocycles. The van der Waals surface area contributed by atoms with Crippen LogP contribution in [0.25, 0.3) is 0 Å². The fraction of sp³-hybridized carbons (Fsp3) is 1.00. The van der Waals surface area contributed by atoms with Gasteiger partial charge in [-0.2, -0.15) is 0 Å². The molecule has 0 aliphatic heterocycles. The van der Waals surface area contributed by atoms with Gasteiger partial charge in [-0.25, -0.2) is 0 Å². The van der Waals surface area contributed by atoms with Crippen LogP contribution in [0.2, 0.25) is 0 Å². The Morgan fingerprint density at radius 3 is 3.00 bits per heavy atom. The molecule has 0 saturated heterocycles. The maximum absolute atomic E-state index is 5.91. The highest BCUT2D eigenvalue weighted by atomic mass is 16.5. The Bertz CT molecular complexity index is 141. The maximum Gasteiger partial charge on any atom is 0.0477 e. The van der Waals surface area contributed by atoms with Crippen LogP contribution in [0.15, 0.2) is 0 Å². The molecule has 84 valence electrons. The molecule has 1 fully saturated rings. The molecule has 2 unspecified atom stereocenters. The fourth-order valence-electron chi connectivity index (χ4n) is 2.04. The molecule has 1 aliphatic rings. The molecule has 1 saturated carbocycles. The quantitative estimate of drug-likeness (QED) is 0.635. The smallest absolute Gasteiger partial charge is 0.0477 e. The fourth-order valence-corrected chi connectivity index (χ4v) is 2.04. The Balaban J connectivity index is 1.95. The summed E-state index contributed by atoms with van der Waals surface area (Å²) in [6.07, 6.45) is 6.04. The third kappa shape index (κ3) is 4.94. The van der Waals surface area contributed by atoms with Gasteiger partial charge >= 0.3 is 0 Å². The van der Waals surface area contributed by atoms with Crippen LogP contribution in [0.4, 0.5) is 0 Å². The van der Waals surface area contributed by atoms with Gasteiger partial charge in [0.15, 0.2) is 0 Å². The highest BCUT2D eigenvalue weighted by Gasteiger charge is 2.17. The Kier molecular flexibility index (Phi) is 6.15. The first kappa shape index (κ1) is 12.0. The Morgan fingerprint density at radius 1 is 1.43 bits per heavy atom. The van der Waals surface area contributed by atoms with E-state index in [1.54, 1.807) is 0 Å². The van der Waals surface area contributed by atoms with Crippen LogP contribution in [0.3, 0.4) is 0 Å². The Hall–Kier alpha value is -0.120. The lowest BCUT2D eigenvalue weighted by molar-refractivity contribution is 0.143. The van der Waals surface area contributed by atoms with Crippen molar-refractivity contribution in [1.29, 1.82) is 0 Å². The average Bonchev–Trinajstić information content (AvgIpc) is 2.18. The van der Waals surface area contributed by atoms with Crippen molar-refractivity contribution in [3.8, 4) is 0 Å². The summed E-state index contributed by atoms with van der Waals surface area (Å²) in [6, 6.07) is 1.08. The van der Waals surface area contributed by atoms with E-state index in [0.29, 0.717) is 12.1 Å². The normalized spacial score (nSPS) is 27.9. The summed E-state index contributed by atoms with van der Waals surface area (Å²) in [5, 5.41) is 3.55. The van der Waals surface area contributed by atoms with Gasteiger partial charge in [0.1, 0.15) is 0 Å². The molecule has 3 N–H and O–H groups in total. The van der Waals surface area contributed by atoms with Crippen molar-refractivity contribution in [2.75, 3.05) is 19.8 Å². The van der Waals surface area contributed by atoms with Gasteiger partial charge in [0.05, 0.1) is 0 Å². The van der Waals surface area contributed by atoms with Crippen LogP contribution in [0.1, 0.15) is 39.0 Å². The average molecular weight is 200 g/mol. The van der Waals surface area contributed by atoms with Gasteiger partial charge in [0.2, 0.25) is 0 Å². The van der Waals surface area contributed by atoms with Crippen LogP contribution in [-0.2, 0) is 4.74 Å². The highest BCUT2D eigenvalue weighted by Crippen LogP contribution is 2.16. The van der Waals surface area contributed by atoms with Crippen molar-refractivity contribution in [2.24, 2.45) is 5.73 Å². The molecule has 2 atom stereocenters. The minimum absolute atomic E-state index is 0.424. The lowest BCUT2D eigenvalue weighted by atomic mass is 9.91. The van der Waals surface area contributed by atoms with E-state index in [2.05, 4.69) is 5.32 Å². The topological polar surface area (TPSA) is 47.3 Å². The molecular weight excluding hydrogens is 176 g/mol. The third-order valence-corrected chi connectivity index (χ3v) is 2.82. The minimum atomic E-state index is 0.424. The monoisotopic (exact) mass is 200 g/mol. The molecule has 0 radical (unpaired) electrons. The molecule has 3 nitrogen and oxygen atoms in total. The summed E-state index contributed by atoms with van der Waals surface area (Å²) in [7, 11) is 0. The van der Waals surface area contributed by atoms with Gasteiger partial charge in [-0.1, -0.05) is 6.42 Å². The van der Waals surface area contributed by atoms with E-state index in [1.807, 2.05) is 6.92 Å². The van der Waals surface area contributed by atoms with Crippen LogP contribution < -0.4 is 11.1 Å². The second-order valence-corrected chi connectivity index (χ2v) is 4.13. The first-order valence-corrected chi connectivity index (χ1v) is 5.89. The molecule has 0 aromatic heterocycles.